The summed E-state index contributed by atoms with van der Waals surface area (Å²) in [6, 6.07) is 8.55. The first-order chi connectivity index (χ1) is 14.9. The van der Waals surface area contributed by atoms with E-state index in [1.54, 1.807) is 17.8 Å². The van der Waals surface area contributed by atoms with E-state index in [0.29, 0.717) is 13.0 Å². The highest BCUT2D eigenvalue weighted by atomic mass is 32.2. The van der Waals surface area contributed by atoms with Crippen molar-refractivity contribution in [1.82, 2.24) is 10.0 Å². The lowest BCUT2D eigenvalue weighted by molar-refractivity contribution is -0.124. The van der Waals surface area contributed by atoms with Crippen molar-refractivity contribution in [3.63, 3.8) is 0 Å². The van der Waals surface area contributed by atoms with Gasteiger partial charge in [-0.1, -0.05) is 30.3 Å². The molecule has 0 radical (unpaired) electrons. The number of hydrogen-bond donors (Lipinski definition) is 2. The molecule has 0 saturated heterocycles. The molecule has 4 aliphatic carbocycles. The van der Waals surface area contributed by atoms with Crippen molar-refractivity contribution in [3.8, 4) is 0 Å². The third-order valence-corrected chi connectivity index (χ3v) is 9.03. The summed E-state index contributed by atoms with van der Waals surface area (Å²) < 4.78 is 27.9. The molecule has 0 heterocycles. The van der Waals surface area contributed by atoms with Crippen LogP contribution in [-0.4, -0.2) is 38.9 Å². The van der Waals surface area contributed by atoms with Crippen LogP contribution in [0.4, 0.5) is 0 Å². The van der Waals surface area contributed by atoms with Crippen molar-refractivity contribution < 1.29 is 13.2 Å². The van der Waals surface area contributed by atoms with Gasteiger partial charge in [0.2, 0.25) is 15.9 Å². The number of carbonyl (C=O) groups is 1. The van der Waals surface area contributed by atoms with Gasteiger partial charge < -0.3 is 5.32 Å². The van der Waals surface area contributed by atoms with Crippen LogP contribution < -0.4 is 10.0 Å². The minimum atomic E-state index is -3.72. The molecule has 1 aromatic carbocycles. The number of hydrogen-bond acceptors (Lipinski definition) is 4. The molecule has 5 rings (SSSR count). The van der Waals surface area contributed by atoms with E-state index in [1.807, 2.05) is 36.6 Å². The van der Waals surface area contributed by atoms with E-state index < -0.39 is 16.1 Å². The molecule has 7 heteroatoms. The monoisotopic (exact) mass is 462 g/mol. The van der Waals surface area contributed by atoms with Gasteiger partial charge >= 0.3 is 0 Å². The highest BCUT2D eigenvalue weighted by Crippen LogP contribution is 2.59. The van der Waals surface area contributed by atoms with Crippen molar-refractivity contribution in [1.29, 1.82) is 0 Å². The Hall–Kier alpha value is -1.31. The van der Waals surface area contributed by atoms with E-state index in [-0.39, 0.29) is 11.3 Å². The summed E-state index contributed by atoms with van der Waals surface area (Å²) in [5, 5.41) is 4.30. The van der Waals surface area contributed by atoms with Crippen LogP contribution in [0.1, 0.15) is 50.5 Å². The van der Waals surface area contributed by atoms with Gasteiger partial charge in [0.15, 0.2) is 0 Å². The van der Waals surface area contributed by atoms with Crippen LogP contribution in [0.15, 0.2) is 35.7 Å². The second kappa shape index (κ2) is 9.67. The maximum Gasteiger partial charge on any atom is 0.238 e. The summed E-state index contributed by atoms with van der Waals surface area (Å²) in [6.07, 6.45) is 11.8. The summed E-state index contributed by atoms with van der Waals surface area (Å²) in [6.45, 7) is 0.687. The molecule has 4 aliphatic rings. The maximum absolute atomic E-state index is 13.0. The molecule has 2 N–H and O–H groups in total. The predicted molar refractivity (Wildman–Crippen MR) is 128 cm³/mol. The zero-order chi connectivity index (χ0) is 21.9. The van der Waals surface area contributed by atoms with E-state index in [0.717, 1.165) is 34.5 Å². The van der Waals surface area contributed by atoms with Gasteiger partial charge in [0, 0.05) is 12.0 Å². The van der Waals surface area contributed by atoms with E-state index in [1.165, 1.54) is 38.5 Å². The fraction of sp³-hybridized carbons (Fsp3) is 0.625. The van der Waals surface area contributed by atoms with E-state index in [4.69, 9.17) is 0 Å². The topological polar surface area (TPSA) is 75.3 Å². The van der Waals surface area contributed by atoms with Crippen LogP contribution >= 0.6 is 11.8 Å². The number of carbonyl (C=O) groups excluding carboxylic acids is 1. The van der Waals surface area contributed by atoms with E-state index in [2.05, 4.69) is 10.0 Å². The SMILES string of the molecule is CSCCC(NS(=O)(=O)/C=C/c1ccccc1)C(=O)NCC12CC3CC(CC(C3)C1)C2. The average molecular weight is 463 g/mol. The Bertz CT molecular complexity index is 863. The number of sulfonamides is 1. The fourth-order valence-corrected chi connectivity index (χ4v) is 7.86. The smallest absolute Gasteiger partial charge is 0.238 e. The van der Waals surface area contributed by atoms with Crippen LogP contribution in [0.25, 0.3) is 6.08 Å². The molecule has 4 bridgehead atoms. The molecule has 5 nitrogen and oxygen atoms in total. The standard InChI is InChI=1S/C24H34N2O3S2/c1-30-9-7-22(26-31(28,29)10-8-18-5-3-2-4-6-18)23(27)25-17-24-14-19-11-20(15-24)13-21(12-19)16-24/h2-6,8,10,19-22,26H,7,9,11-17H2,1H3,(H,25,27)/b10-8+. The maximum atomic E-state index is 13.0. The van der Waals surface area contributed by atoms with Crippen LogP contribution in [0.5, 0.6) is 0 Å². The van der Waals surface area contributed by atoms with Crippen molar-refractivity contribution >= 4 is 33.8 Å². The van der Waals surface area contributed by atoms with Crippen molar-refractivity contribution in [3.05, 3.63) is 41.3 Å². The Morgan fingerprint density at radius 2 is 1.74 bits per heavy atom. The predicted octanol–water partition coefficient (Wildman–Crippen LogP) is 4.03. The molecule has 0 spiro atoms. The number of amides is 1. The van der Waals surface area contributed by atoms with Gasteiger partial charge in [-0.05, 0) is 91.8 Å². The molecule has 0 aromatic heterocycles. The number of rotatable bonds is 10. The summed E-state index contributed by atoms with van der Waals surface area (Å²) in [5.74, 6) is 3.02. The molecular formula is C24H34N2O3S2. The summed E-state index contributed by atoms with van der Waals surface area (Å²) in [5.41, 5.74) is 1.04. The van der Waals surface area contributed by atoms with Crippen molar-refractivity contribution in [2.75, 3.05) is 18.6 Å². The Kier molecular flexibility index (Phi) is 7.14. The first-order valence-corrected chi connectivity index (χ1v) is 14.3. The Morgan fingerprint density at radius 3 is 2.32 bits per heavy atom. The number of nitrogens with one attached hydrogen (secondary N) is 2. The molecule has 1 aromatic rings. The first kappa shape index (κ1) is 22.9. The minimum Gasteiger partial charge on any atom is -0.354 e. The van der Waals surface area contributed by atoms with Gasteiger partial charge in [-0.15, -0.1) is 0 Å². The molecule has 1 atom stereocenters. The fourth-order valence-electron chi connectivity index (χ4n) is 6.35. The van der Waals surface area contributed by atoms with Crippen LogP contribution in [0.3, 0.4) is 0 Å². The van der Waals surface area contributed by atoms with Crippen LogP contribution in [0.2, 0.25) is 0 Å². The number of thioether (sulfide) groups is 1. The lowest BCUT2D eigenvalue weighted by Gasteiger charge is -2.57. The Balaban J connectivity index is 1.37. The van der Waals surface area contributed by atoms with E-state index in [9.17, 15) is 13.2 Å². The lowest BCUT2D eigenvalue weighted by atomic mass is 9.49. The van der Waals surface area contributed by atoms with Gasteiger partial charge in [-0.25, -0.2) is 8.42 Å². The van der Waals surface area contributed by atoms with Crippen LogP contribution in [0, 0.1) is 23.2 Å². The highest BCUT2D eigenvalue weighted by Gasteiger charge is 2.50. The van der Waals surface area contributed by atoms with Gasteiger partial charge in [0.1, 0.15) is 6.04 Å². The van der Waals surface area contributed by atoms with Crippen molar-refractivity contribution in [2.45, 2.75) is 51.0 Å². The molecule has 170 valence electrons. The third-order valence-electron chi connectivity index (χ3n) is 7.28. The van der Waals surface area contributed by atoms with Gasteiger partial charge in [-0.3, -0.25) is 4.79 Å². The average Bonchev–Trinajstić information content (AvgIpc) is 2.73. The van der Waals surface area contributed by atoms with Gasteiger partial charge in [0.25, 0.3) is 0 Å². The molecule has 1 amide bonds. The van der Waals surface area contributed by atoms with Crippen molar-refractivity contribution in [2.24, 2.45) is 23.2 Å². The third kappa shape index (κ3) is 5.93. The summed E-state index contributed by atoms with van der Waals surface area (Å²) >= 11 is 1.62. The largest absolute Gasteiger partial charge is 0.354 e. The summed E-state index contributed by atoms with van der Waals surface area (Å²) in [4.78, 5) is 13.0. The molecule has 31 heavy (non-hydrogen) atoms. The Labute approximate surface area is 190 Å². The normalized spacial score (nSPS) is 30.5. The molecule has 0 aliphatic heterocycles. The molecule has 4 fully saturated rings. The van der Waals surface area contributed by atoms with Gasteiger partial charge in [0.05, 0.1) is 0 Å². The number of benzene rings is 1. The molecule has 4 saturated carbocycles. The quantitative estimate of drug-likeness (QED) is 0.550. The molecular weight excluding hydrogens is 428 g/mol. The van der Waals surface area contributed by atoms with Gasteiger partial charge in [-0.2, -0.15) is 16.5 Å². The zero-order valence-corrected chi connectivity index (χ0v) is 19.9. The second-order valence-corrected chi connectivity index (χ2v) is 12.4. The first-order valence-electron chi connectivity index (χ1n) is 11.4. The zero-order valence-electron chi connectivity index (χ0n) is 18.3. The minimum absolute atomic E-state index is 0.193. The Morgan fingerprint density at radius 1 is 1.13 bits per heavy atom. The van der Waals surface area contributed by atoms with E-state index >= 15 is 0 Å². The molecule has 1 unspecified atom stereocenters. The second-order valence-electron chi connectivity index (χ2n) is 9.85. The highest BCUT2D eigenvalue weighted by molar-refractivity contribution is 7.98. The lowest BCUT2D eigenvalue weighted by Crippen LogP contribution is -2.54. The van der Waals surface area contributed by atoms with Crippen LogP contribution in [-0.2, 0) is 14.8 Å². The summed E-state index contributed by atoms with van der Waals surface area (Å²) in [7, 11) is -3.72.